The largest absolute Gasteiger partial charge is 0.444 e. The van der Waals surface area contributed by atoms with Gasteiger partial charge in [0.2, 0.25) is 5.91 Å². The molecule has 124 valence electrons. The average Bonchev–Trinajstić information content (AvgIpc) is 2.41. The standard InChI is InChI=1S/C15H19N3O5/c1-15(2,3)23-14(20)17-6-4-5-10-7-11(13(16)19)9-12(8-10)18(21)22/h4-5,7-9H,6H2,1-3H3,(H2,16,19)(H,17,20). The molecule has 0 radical (unpaired) electrons. The van der Waals surface area contributed by atoms with Gasteiger partial charge in [-0.15, -0.1) is 0 Å². The number of hydrogen-bond donors (Lipinski definition) is 2. The maximum Gasteiger partial charge on any atom is 0.407 e. The number of amides is 2. The van der Waals surface area contributed by atoms with E-state index in [1.54, 1.807) is 26.8 Å². The lowest BCUT2D eigenvalue weighted by Crippen LogP contribution is -2.32. The first-order valence-corrected chi connectivity index (χ1v) is 6.81. The van der Waals surface area contributed by atoms with Gasteiger partial charge in [-0.1, -0.05) is 12.2 Å². The Hall–Kier alpha value is -2.90. The number of alkyl carbamates (subject to hydrolysis) is 1. The minimum absolute atomic E-state index is 0.0407. The maximum atomic E-state index is 11.4. The van der Waals surface area contributed by atoms with E-state index in [1.165, 1.54) is 18.2 Å². The fraction of sp³-hybridized carbons (Fsp3) is 0.333. The van der Waals surface area contributed by atoms with Gasteiger partial charge in [0, 0.05) is 24.2 Å². The normalized spacial score (nSPS) is 11.3. The quantitative estimate of drug-likeness (QED) is 0.635. The molecule has 8 heteroatoms. The third-order valence-electron chi connectivity index (χ3n) is 2.51. The van der Waals surface area contributed by atoms with E-state index in [4.69, 9.17) is 10.5 Å². The van der Waals surface area contributed by atoms with E-state index in [9.17, 15) is 19.7 Å². The lowest BCUT2D eigenvalue weighted by molar-refractivity contribution is -0.384. The van der Waals surface area contributed by atoms with Crippen molar-refractivity contribution < 1.29 is 19.2 Å². The van der Waals surface area contributed by atoms with Gasteiger partial charge in [0.1, 0.15) is 5.60 Å². The first kappa shape index (κ1) is 18.1. The molecule has 0 spiro atoms. The van der Waals surface area contributed by atoms with Gasteiger partial charge in [0.15, 0.2) is 0 Å². The van der Waals surface area contributed by atoms with Crippen LogP contribution in [0.1, 0.15) is 36.7 Å². The van der Waals surface area contributed by atoms with Crippen molar-refractivity contribution in [2.75, 3.05) is 6.54 Å². The van der Waals surface area contributed by atoms with Crippen molar-refractivity contribution in [2.45, 2.75) is 26.4 Å². The zero-order valence-electron chi connectivity index (χ0n) is 13.2. The molecule has 0 bridgehead atoms. The van der Waals surface area contributed by atoms with Crippen LogP contribution in [0.2, 0.25) is 0 Å². The fourth-order valence-corrected chi connectivity index (χ4v) is 1.63. The summed E-state index contributed by atoms with van der Waals surface area (Å²) in [4.78, 5) is 32.8. The number of carbonyl (C=O) groups excluding carboxylic acids is 2. The summed E-state index contributed by atoms with van der Waals surface area (Å²) in [7, 11) is 0. The first-order valence-electron chi connectivity index (χ1n) is 6.81. The Morgan fingerprint density at radius 3 is 2.52 bits per heavy atom. The Balaban J connectivity index is 2.74. The summed E-state index contributed by atoms with van der Waals surface area (Å²) < 4.78 is 5.06. The van der Waals surface area contributed by atoms with E-state index in [1.807, 2.05) is 0 Å². The number of rotatable bonds is 5. The number of nitro benzene ring substituents is 1. The van der Waals surface area contributed by atoms with Crippen molar-refractivity contribution in [1.82, 2.24) is 5.32 Å². The van der Waals surface area contributed by atoms with Crippen molar-refractivity contribution in [3.8, 4) is 0 Å². The van der Waals surface area contributed by atoms with Crippen LogP contribution in [0.15, 0.2) is 24.3 Å². The van der Waals surface area contributed by atoms with Gasteiger partial charge in [0.05, 0.1) is 4.92 Å². The van der Waals surface area contributed by atoms with E-state index in [2.05, 4.69) is 5.32 Å². The van der Waals surface area contributed by atoms with Crippen LogP contribution in [-0.2, 0) is 4.74 Å². The number of nitrogens with zero attached hydrogens (tertiary/aromatic N) is 1. The summed E-state index contributed by atoms with van der Waals surface area (Å²) in [5.41, 5.74) is 4.79. The van der Waals surface area contributed by atoms with Crippen LogP contribution in [0.25, 0.3) is 6.08 Å². The molecule has 2 amide bonds. The molecule has 1 rings (SSSR count). The molecule has 0 saturated carbocycles. The molecule has 0 saturated heterocycles. The van der Waals surface area contributed by atoms with Gasteiger partial charge in [-0.25, -0.2) is 4.79 Å². The van der Waals surface area contributed by atoms with E-state index in [0.29, 0.717) is 5.56 Å². The molecular formula is C15H19N3O5. The zero-order valence-corrected chi connectivity index (χ0v) is 13.2. The van der Waals surface area contributed by atoms with Crippen LogP contribution in [0.3, 0.4) is 0 Å². The molecule has 1 aromatic carbocycles. The van der Waals surface area contributed by atoms with Crippen LogP contribution in [-0.4, -0.2) is 29.1 Å². The fourth-order valence-electron chi connectivity index (χ4n) is 1.63. The molecule has 0 unspecified atom stereocenters. The van der Waals surface area contributed by atoms with Gasteiger partial charge in [-0.05, 0) is 32.4 Å². The van der Waals surface area contributed by atoms with Crippen LogP contribution in [0.4, 0.5) is 10.5 Å². The second kappa shape index (κ2) is 7.39. The minimum atomic E-state index is -0.754. The van der Waals surface area contributed by atoms with Gasteiger partial charge in [0.25, 0.3) is 5.69 Å². The van der Waals surface area contributed by atoms with E-state index in [-0.39, 0.29) is 17.8 Å². The summed E-state index contributed by atoms with van der Waals surface area (Å²) in [5.74, 6) is -0.754. The molecule has 0 aliphatic carbocycles. The van der Waals surface area contributed by atoms with Gasteiger partial charge < -0.3 is 15.8 Å². The lowest BCUT2D eigenvalue weighted by Gasteiger charge is -2.19. The predicted octanol–water partition coefficient (Wildman–Crippen LogP) is 2.23. The van der Waals surface area contributed by atoms with Crippen LogP contribution >= 0.6 is 0 Å². The number of carbonyl (C=O) groups is 2. The average molecular weight is 321 g/mol. The van der Waals surface area contributed by atoms with Crippen molar-refractivity contribution in [2.24, 2.45) is 5.73 Å². The molecule has 0 atom stereocenters. The van der Waals surface area contributed by atoms with E-state index in [0.717, 1.165) is 6.07 Å². The molecule has 0 aliphatic heterocycles. The Bertz CT molecular complexity index is 615. The monoisotopic (exact) mass is 321 g/mol. The molecule has 23 heavy (non-hydrogen) atoms. The lowest BCUT2D eigenvalue weighted by atomic mass is 10.1. The summed E-state index contributed by atoms with van der Waals surface area (Å²) >= 11 is 0. The van der Waals surface area contributed by atoms with Crippen molar-refractivity contribution in [3.05, 3.63) is 45.5 Å². The van der Waals surface area contributed by atoms with E-state index < -0.39 is 22.5 Å². The number of nitro groups is 1. The Morgan fingerprint density at radius 2 is 2.00 bits per heavy atom. The number of nitrogens with one attached hydrogen (secondary N) is 1. The van der Waals surface area contributed by atoms with Gasteiger partial charge in [-0.3, -0.25) is 14.9 Å². The number of non-ortho nitro benzene ring substituents is 1. The number of benzene rings is 1. The summed E-state index contributed by atoms with van der Waals surface area (Å²) in [6.07, 6.45) is 2.55. The molecule has 0 heterocycles. The number of ether oxygens (including phenoxy) is 1. The highest BCUT2D eigenvalue weighted by molar-refractivity contribution is 5.94. The molecule has 0 aromatic heterocycles. The second-order valence-corrected chi connectivity index (χ2v) is 5.72. The summed E-state index contributed by atoms with van der Waals surface area (Å²) in [6.45, 7) is 5.41. The molecular weight excluding hydrogens is 302 g/mol. The highest BCUT2D eigenvalue weighted by atomic mass is 16.6. The predicted molar refractivity (Wildman–Crippen MR) is 84.9 cm³/mol. The third-order valence-corrected chi connectivity index (χ3v) is 2.51. The van der Waals surface area contributed by atoms with Crippen LogP contribution in [0.5, 0.6) is 0 Å². The first-order chi connectivity index (χ1) is 10.6. The Morgan fingerprint density at radius 1 is 1.35 bits per heavy atom. The van der Waals surface area contributed by atoms with Crippen LogP contribution < -0.4 is 11.1 Å². The molecule has 0 aliphatic rings. The minimum Gasteiger partial charge on any atom is -0.444 e. The maximum absolute atomic E-state index is 11.4. The number of hydrogen-bond acceptors (Lipinski definition) is 5. The van der Waals surface area contributed by atoms with Crippen molar-refractivity contribution >= 4 is 23.8 Å². The SMILES string of the molecule is CC(C)(C)OC(=O)NCC=Cc1cc(C(N)=O)cc([N+](=O)[O-])c1. The number of nitrogens with two attached hydrogens (primary N) is 1. The number of primary amides is 1. The summed E-state index contributed by atoms with van der Waals surface area (Å²) in [5, 5.41) is 13.3. The smallest absolute Gasteiger partial charge is 0.407 e. The molecule has 0 fully saturated rings. The van der Waals surface area contributed by atoms with Crippen molar-refractivity contribution in [1.29, 1.82) is 0 Å². The third kappa shape index (κ3) is 6.60. The molecule has 1 aromatic rings. The van der Waals surface area contributed by atoms with Gasteiger partial charge >= 0.3 is 6.09 Å². The molecule has 8 nitrogen and oxygen atoms in total. The van der Waals surface area contributed by atoms with Crippen LogP contribution in [0, 0.1) is 10.1 Å². The Kier molecular flexibility index (Phi) is 5.83. The Labute approximate surface area is 133 Å². The second-order valence-electron chi connectivity index (χ2n) is 5.72. The highest BCUT2D eigenvalue weighted by Gasteiger charge is 2.15. The van der Waals surface area contributed by atoms with Crippen molar-refractivity contribution in [3.63, 3.8) is 0 Å². The molecule has 3 N–H and O–H groups in total. The van der Waals surface area contributed by atoms with Gasteiger partial charge in [-0.2, -0.15) is 0 Å². The highest BCUT2D eigenvalue weighted by Crippen LogP contribution is 2.18. The zero-order chi connectivity index (χ0) is 17.6. The van der Waals surface area contributed by atoms with E-state index >= 15 is 0 Å². The summed E-state index contributed by atoms with van der Waals surface area (Å²) in [6, 6.07) is 3.84. The topological polar surface area (TPSA) is 125 Å².